The molecule has 0 radical (unpaired) electrons. The third kappa shape index (κ3) is 3.43. The largest absolute Gasteiger partial charge is 0.392 e. The lowest BCUT2D eigenvalue weighted by Crippen LogP contribution is -2.37. The van der Waals surface area contributed by atoms with Gasteiger partial charge < -0.3 is 5.11 Å². The maximum atomic E-state index is 11.8. The van der Waals surface area contributed by atoms with Crippen LogP contribution in [0.1, 0.15) is 27.2 Å². The van der Waals surface area contributed by atoms with E-state index < -0.39 is 6.10 Å². The molecule has 0 bridgehead atoms. The summed E-state index contributed by atoms with van der Waals surface area (Å²) in [5.41, 5.74) is -0.260. The molecule has 0 saturated carbocycles. The monoisotopic (exact) mass is 247 g/mol. The Bertz CT molecular complexity index is 273. The molecule has 1 fully saturated rings. The highest BCUT2D eigenvalue weighted by atomic mass is 32.2. The molecule has 86 valence electrons. The predicted molar refractivity (Wildman–Crippen MR) is 66.8 cm³/mol. The number of thiocarbonyl (C=S) groups is 1. The van der Waals surface area contributed by atoms with Crippen molar-refractivity contribution in [3.8, 4) is 0 Å². The van der Waals surface area contributed by atoms with Crippen molar-refractivity contribution in [2.75, 3.05) is 12.3 Å². The number of carbonyl (C=O) groups excluding carboxylic acids is 1. The van der Waals surface area contributed by atoms with Gasteiger partial charge in [-0.05, 0) is 5.41 Å². The lowest BCUT2D eigenvalue weighted by molar-refractivity contribution is -0.130. The van der Waals surface area contributed by atoms with Gasteiger partial charge in [0.25, 0.3) is 0 Å². The van der Waals surface area contributed by atoms with E-state index in [4.69, 9.17) is 12.2 Å². The van der Waals surface area contributed by atoms with Gasteiger partial charge in [0.1, 0.15) is 4.32 Å². The molecule has 1 heterocycles. The predicted octanol–water partition coefficient (Wildman–Crippen LogP) is 1.64. The van der Waals surface area contributed by atoms with E-state index in [1.54, 1.807) is 4.90 Å². The zero-order valence-corrected chi connectivity index (χ0v) is 11.0. The summed E-state index contributed by atoms with van der Waals surface area (Å²) in [7, 11) is 0. The van der Waals surface area contributed by atoms with Crippen molar-refractivity contribution in [1.29, 1.82) is 0 Å². The molecule has 0 aromatic carbocycles. The van der Waals surface area contributed by atoms with Crippen molar-refractivity contribution in [2.24, 2.45) is 5.41 Å². The third-order valence-corrected chi connectivity index (χ3v) is 3.86. The van der Waals surface area contributed by atoms with Crippen LogP contribution in [0.5, 0.6) is 0 Å². The molecule has 0 aliphatic carbocycles. The highest BCUT2D eigenvalue weighted by molar-refractivity contribution is 8.23. The number of hydrogen-bond donors (Lipinski definition) is 1. The summed E-state index contributed by atoms with van der Waals surface area (Å²) in [6.07, 6.45) is -0.456. The molecule has 0 spiro atoms. The van der Waals surface area contributed by atoms with Crippen LogP contribution in [0.4, 0.5) is 0 Å². The van der Waals surface area contributed by atoms with Gasteiger partial charge in [-0.1, -0.05) is 44.8 Å². The Morgan fingerprint density at radius 1 is 1.67 bits per heavy atom. The zero-order valence-electron chi connectivity index (χ0n) is 9.32. The first-order valence-corrected chi connectivity index (χ1v) is 6.37. The van der Waals surface area contributed by atoms with Crippen LogP contribution in [0, 0.1) is 5.41 Å². The molecule has 3 nitrogen and oxygen atoms in total. The second-order valence-corrected chi connectivity index (χ2v) is 6.47. The summed E-state index contributed by atoms with van der Waals surface area (Å²) in [4.78, 5) is 13.4. The number of rotatable bonds is 2. The van der Waals surface area contributed by atoms with Gasteiger partial charge in [-0.2, -0.15) is 0 Å². The minimum Gasteiger partial charge on any atom is -0.392 e. The minimum atomic E-state index is -0.613. The van der Waals surface area contributed by atoms with Crippen molar-refractivity contribution < 1.29 is 9.90 Å². The second-order valence-electron chi connectivity index (χ2n) is 4.75. The Balaban J connectivity index is 2.52. The Hall–Kier alpha value is -0.130. The smallest absolute Gasteiger partial charge is 0.230 e. The van der Waals surface area contributed by atoms with E-state index in [9.17, 15) is 9.90 Å². The molecule has 1 aliphatic rings. The summed E-state index contributed by atoms with van der Waals surface area (Å²) in [5.74, 6) is 0.809. The quantitative estimate of drug-likeness (QED) is 0.753. The van der Waals surface area contributed by atoms with Crippen LogP contribution in [0.15, 0.2) is 0 Å². The third-order valence-electron chi connectivity index (χ3n) is 2.43. The number of carbonyl (C=O) groups is 1. The Morgan fingerprint density at radius 2 is 2.27 bits per heavy atom. The molecule has 1 saturated heterocycles. The number of thioether (sulfide) groups is 1. The lowest BCUT2D eigenvalue weighted by atomic mass is 9.87. The summed E-state index contributed by atoms with van der Waals surface area (Å²) in [6, 6.07) is 0. The Labute approximate surface area is 100 Å². The van der Waals surface area contributed by atoms with Crippen LogP contribution in [0.25, 0.3) is 0 Å². The molecular weight excluding hydrogens is 230 g/mol. The first kappa shape index (κ1) is 12.9. The number of hydrogen-bond acceptors (Lipinski definition) is 4. The van der Waals surface area contributed by atoms with Gasteiger partial charge in [0.2, 0.25) is 5.91 Å². The van der Waals surface area contributed by atoms with Crippen LogP contribution in [0.3, 0.4) is 0 Å². The van der Waals surface area contributed by atoms with Crippen molar-refractivity contribution in [1.82, 2.24) is 4.90 Å². The fraction of sp³-hybridized carbons (Fsp3) is 0.800. The molecule has 0 aromatic heterocycles. The van der Waals surface area contributed by atoms with E-state index >= 15 is 0 Å². The molecule has 15 heavy (non-hydrogen) atoms. The zero-order chi connectivity index (χ0) is 11.6. The number of amides is 1. The van der Waals surface area contributed by atoms with Crippen LogP contribution >= 0.6 is 24.0 Å². The summed E-state index contributed by atoms with van der Waals surface area (Å²) >= 11 is 6.57. The molecule has 0 unspecified atom stereocenters. The lowest BCUT2D eigenvalue weighted by Gasteiger charge is -2.26. The average molecular weight is 247 g/mol. The maximum absolute atomic E-state index is 11.8. The van der Waals surface area contributed by atoms with Crippen LogP contribution in [0.2, 0.25) is 0 Å². The summed E-state index contributed by atoms with van der Waals surface area (Å²) < 4.78 is 0.640. The maximum Gasteiger partial charge on any atom is 0.230 e. The van der Waals surface area contributed by atoms with Crippen molar-refractivity contribution >= 4 is 34.2 Å². The molecule has 5 heteroatoms. The first-order chi connectivity index (χ1) is 6.82. The highest BCUT2D eigenvalue weighted by Gasteiger charge is 2.30. The van der Waals surface area contributed by atoms with Crippen molar-refractivity contribution in [2.45, 2.75) is 33.3 Å². The fourth-order valence-electron chi connectivity index (χ4n) is 1.20. The molecule has 1 N–H and O–H groups in total. The van der Waals surface area contributed by atoms with E-state index in [2.05, 4.69) is 0 Å². The van der Waals surface area contributed by atoms with Crippen LogP contribution in [-0.2, 0) is 4.79 Å². The topological polar surface area (TPSA) is 40.5 Å². The normalized spacial score (nSPS) is 19.5. The van der Waals surface area contributed by atoms with Gasteiger partial charge in [-0.25, -0.2) is 0 Å². The Morgan fingerprint density at radius 3 is 2.67 bits per heavy atom. The first-order valence-electron chi connectivity index (χ1n) is 4.97. The van der Waals surface area contributed by atoms with Gasteiger partial charge in [0.05, 0.1) is 12.5 Å². The van der Waals surface area contributed by atoms with Gasteiger partial charge in [-0.15, -0.1) is 0 Å². The van der Waals surface area contributed by atoms with E-state index in [0.717, 1.165) is 5.75 Å². The van der Waals surface area contributed by atoms with E-state index in [0.29, 0.717) is 10.9 Å². The van der Waals surface area contributed by atoms with Crippen molar-refractivity contribution in [3.63, 3.8) is 0 Å². The number of nitrogens with zero attached hydrogens (tertiary/aromatic N) is 1. The van der Waals surface area contributed by atoms with Crippen LogP contribution < -0.4 is 0 Å². The van der Waals surface area contributed by atoms with Gasteiger partial charge in [0, 0.05) is 12.3 Å². The average Bonchev–Trinajstić information content (AvgIpc) is 2.49. The van der Waals surface area contributed by atoms with E-state index in [-0.39, 0.29) is 17.7 Å². The molecular formula is C10H17NO2S2. The minimum absolute atomic E-state index is 0.0626. The van der Waals surface area contributed by atoms with E-state index in [1.165, 1.54) is 11.8 Å². The molecule has 0 aromatic rings. The molecule has 1 aliphatic heterocycles. The van der Waals surface area contributed by atoms with Crippen LogP contribution in [-0.4, -0.2) is 38.6 Å². The number of aliphatic hydroxyl groups is 1. The molecule has 1 rings (SSSR count). The SMILES string of the molecule is CC(C)(C)[C@@H](O)CC(=O)N1CCSC1=S. The molecule has 1 amide bonds. The second kappa shape index (κ2) is 4.80. The van der Waals surface area contributed by atoms with Gasteiger partial charge >= 0.3 is 0 Å². The van der Waals surface area contributed by atoms with E-state index in [1.807, 2.05) is 20.8 Å². The summed E-state index contributed by atoms with van der Waals surface area (Å²) in [6.45, 7) is 6.44. The number of aliphatic hydroxyl groups excluding tert-OH is 1. The van der Waals surface area contributed by atoms with Crippen molar-refractivity contribution in [3.05, 3.63) is 0 Å². The molecule has 1 atom stereocenters. The Kier molecular flexibility index (Phi) is 4.14. The standard InChI is InChI=1S/C10H17NO2S2/c1-10(2,3)7(12)6-8(13)11-4-5-15-9(11)14/h7,12H,4-6H2,1-3H3/t7-/m0/s1. The summed E-state index contributed by atoms with van der Waals surface area (Å²) in [5, 5.41) is 9.81. The highest BCUT2D eigenvalue weighted by Crippen LogP contribution is 2.24. The van der Waals surface area contributed by atoms with Gasteiger partial charge in [-0.3, -0.25) is 9.69 Å². The fourth-order valence-corrected chi connectivity index (χ4v) is 2.44. The van der Waals surface area contributed by atoms with Gasteiger partial charge in [0.15, 0.2) is 0 Å².